The second-order valence-electron chi connectivity index (χ2n) is 14.6. The van der Waals surface area contributed by atoms with E-state index in [1.165, 1.54) is 12.4 Å². The van der Waals surface area contributed by atoms with E-state index in [0.717, 1.165) is 46.0 Å². The third kappa shape index (κ3) is 8.27. The Morgan fingerprint density at radius 3 is 2.25 bits per heavy atom. The molecular weight excluding hydrogens is 849 g/mol. The van der Waals surface area contributed by atoms with Gasteiger partial charge in [-0.25, -0.2) is 0 Å². The molecule has 277 valence electrons. The molecule has 1 aliphatic rings. The molecule has 3 nitrogen and oxygen atoms in total. The van der Waals surface area contributed by atoms with Crippen LogP contribution in [0.5, 0.6) is 0 Å². The number of hydrogen-bond acceptors (Lipinski definition) is 3. The number of aromatic nitrogens is 2. The number of fused-ring (bicyclic) bond motifs is 3. The summed E-state index contributed by atoms with van der Waals surface area (Å²) in [7, 11) is 0. The van der Waals surface area contributed by atoms with Gasteiger partial charge in [0.05, 0.1) is 5.58 Å². The predicted octanol–water partition coefficient (Wildman–Crippen LogP) is 13.9. The number of hydrogen-bond donors (Lipinski definition) is 0. The molecule has 1 saturated carbocycles. The molecule has 0 aliphatic heterocycles. The first kappa shape index (κ1) is 27.4. The normalized spacial score (nSPS) is 17.9. The van der Waals surface area contributed by atoms with Gasteiger partial charge in [0.2, 0.25) is 0 Å². The van der Waals surface area contributed by atoms with E-state index in [2.05, 4.69) is 42.0 Å². The van der Waals surface area contributed by atoms with Gasteiger partial charge in [-0.2, -0.15) is 0 Å². The summed E-state index contributed by atoms with van der Waals surface area (Å²) in [5.41, 5.74) is 7.46. The van der Waals surface area contributed by atoms with E-state index in [4.69, 9.17) is 16.8 Å². The zero-order valence-electron chi connectivity index (χ0n) is 40.7. The first-order valence-corrected chi connectivity index (χ1v) is 18.2. The number of aryl methyl sites for hydroxylation is 3. The second kappa shape index (κ2) is 16.3. The average Bonchev–Trinajstić information content (AvgIpc) is 3.65. The number of rotatable bonds is 5. The van der Waals surface area contributed by atoms with Crippen LogP contribution in [0.25, 0.3) is 66.7 Å². The first-order valence-electron chi connectivity index (χ1n) is 23.2. The molecule has 8 aromatic rings. The van der Waals surface area contributed by atoms with E-state index < -0.39 is 26.4 Å². The molecule has 0 bridgehead atoms. The molecular formula is C51H46IrN2O-2. The van der Waals surface area contributed by atoms with Crippen molar-refractivity contribution in [1.29, 1.82) is 0 Å². The van der Waals surface area contributed by atoms with Gasteiger partial charge in [0.15, 0.2) is 0 Å². The van der Waals surface area contributed by atoms with Crippen molar-refractivity contribution in [2.24, 2.45) is 5.41 Å². The smallest absolute Gasteiger partial charge is 0.121 e. The largest absolute Gasteiger partial charge is 0.501 e. The maximum Gasteiger partial charge on any atom is 0.121 e. The van der Waals surface area contributed by atoms with Crippen LogP contribution in [0.4, 0.5) is 0 Å². The Morgan fingerprint density at radius 1 is 0.691 bits per heavy atom. The van der Waals surface area contributed by atoms with E-state index >= 15 is 0 Å². The fourth-order valence-electron chi connectivity index (χ4n) is 7.18. The van der Waals surface area contributed by atoms with Crippen molar-refractivity contribution in [2.75, 3.05) is 0 Å². The number of benzene rings is 5. The van der Waals surface area contributed by atoms with E-state index in [-0.39, 0.29) is 53.3 Å². The molecule has 4 heteroatoms. The van der Waals surface area contributed by atoms with Gasteiger partial charge in [0.25, 0.3) is 0 Å². The summed E-state index contributed by atoms with van der Waals surface area (Å²) < 4.78 is 87.9. The Hall–Kier alpha value is -5.15. The summed E-state index contributed by atoms with van der Waals surface area (Å²) >= 11 is 0. The van der Waals surface area contributed by atoms with Crippen molar-refractivity contribution in [3.63, 3.8) is 0 Å². The van der Waals surface area contributed by atoms with Crippen molar-refractivity contribution in [1.82, 2.24) is 9.97 Å². The molecule has 1 radical (unpaired) electrons. The summed E-state index contributed by atoms with van der Waals surface area (Å²) in [4.78, 5) is 8.70. The van der Waals surface area contributed by atoms with Crippen molar-refractivity contribution in [2.45, 2.75) is 66.0 Å². The maximum absolute atomic E-state index is 9.29. The molecule has 1 aliphatic carbocycles. The van der Waals surface area contributed by atoms with Crippen LogP contribution in [0.2, 0.25) is 0 Å². The minimum absolute atomic E-state index is 0. The van der Waals surface area contributed by atoms with Gasteiger partial charge < -0.3 is 14.4 Å². The van der Waals surface area contributed by atoms with E-state index in [1.807, 2.05) is 66.7 Å². The van der Waals surface area contributed by atoms with E-state index in [9.17, 15) is 1.37 Å². The SMILES string of the molecule is [2H]C([2H])([2H])c1ccc(-c2[c-]cccc2)nc1.[2H]C([2H])([2H])c1cnc(-c2[c-]ccc3c2oc2cc(-c4ccccc4)ccc23)cc1-c1ccc(C2([2H])CCC(C)(C)CC2)cc1C([2H])([2H])[2H].[Ir]. The molecule has 0 saturated heterocycles. The van der Waals surface area contributed by atoms with Gasteiger partial charge in [0, 0.05) is 51.6 Å². The molecule has 0 N–H and O–H groups in total. The zero-order valence-corrected chi connectivity index (χ0v) is 33.1. The fourth-order valence-corrected chi connectivity index (χ4v) is 7.18. The monoisotopic (exact) mass is 905 g/mol. The Bertz CT molecular complexity index is 2930. The van der Waals surface area contributed by atoms with Crippen LogP contribution in [0.3, 0.4) is 0 Å². The Morgan fingerprint density at radius 2 is 1.51 bits per heavy atom. The Balaban J connectivity index is 0.000000313. The van der Waals surface area contributed by atoms with Gasteiger partial charge in [-0.15, -0.1) is 54.1 Å². The van der Waals surface area contributed by atoms with Crippen molar-refractivity contribution in [3.8, 4) is 44.8 Å². The average molecular weight is 905 g/mol. The van der Waals surface area contributed by atoms with Crippen LogP contribution < -0.4 is 0 Å². The summed E-state index contributed by atoms with van der Waals surface area (Å²) in [6.07, 6.45) is 5.70. The van der Waals surface area contributed by atoms with Gasteiger partial charge in [-0.1, -0.05) is 104 Å². The molecule has 1 fully saturated rings. The quantitative estimate of drug-likeness (QED) is 0.162. The number of furan rings is 1. The minimum Gasteiger partial charge on any atom is -0.501 e. The molecule has 5 aromatic carbocycles. The van der Waals surface area contributed by atoms with E-state index in [1.54, 1.807) is 48.5 Å². The van der Waals surface area contributed by atoms with Crippen LogP contribution in [-0.4, -0.2) is 9.97 Å². The number of nitrogens with zero attached hydrogens (tertiary/aromatic N) is 2. The van der Waals surface area contributed by atoms with Crippen molar-refractivity contribution < 1.29 is 38.2 Å². The van der Waals surface area contributed by atoms with Gasteiger partial charge >= 0.3 is 0 Å². The Labute approximate surface area is 353 Å². The van der Waals surface area contributed by atoms with Crippen LogP contribution in [0.1, 0.15) is 81.4 Å². The fraction of sp³-hybridized carbons (Fsp3) is 0.216. The predicted molar refractivity (Wildman–Crippen MR) is 224 cm³/mol. The molecule has 55 heavy (non-hydrogen) atoms. The third-order valence-corrected chi connectivity index (χ3v) is 10.4. The summed E-state index contributed by atoms with van der Waals surface area (Å²) in [5, 5.41) is 1.79. The van der Waals surface area contributed by atoms with Gasteiger partial charge in [-0.05, 0) is 120 Å². The van der Waals surface area contributed by atoms with Crippen LogP contribution >= 0.6 is 0 Å². The maximum atomic E-state index is 9.29. The molecule has 0 atom stereocenters. The van der Waals surface area contributed by atoms with Crippen LogP contribution in [0, 0.1) is 38.1 Å². The van der Waals surface area contributed by atoms with E-state index in [0.29, 0.717) is 40.8 Å². The topological polar surface area (TPSA) is 38.9 Å². The molecule has 3 heterocycles. The first-order chi connectivity index (χ1) is 30.2. The zero-order chi connectivity index (χ0) is 45.7. The third-order valence-electron chi connectivity index (χ3n) is 10.4. The summed E-state index contributed by atoms with van der Waals surface area (Å²) in [5.74, 6) is -0.906. The molecule has 0 spiro atoms. The summed E-state index contributed by atoms with van der Waals surface area (Å²) in [6, 6.07) is 43.6. The standard InChI is InChI=1S/C39H36NO.C12H10N.Ir/c1-25-21-29(28-17-19-39(3,4)20-18-28)13-15-31(25)35-23-36(40-24-26(35)2)34-12-8-11-33-32-16-14-30(22-37(32)41-38(33)34)27-9-6-5-7-10-27;1-10-7-8-12(13-9-10)11-5-3-2-4-6-11;/h5-11,13-16,21-24,28H,17-20H2,1-4H3;2-5,7-9H,1H3;/q2*-1;/i1D3,2D3,28D;1D3;. The summed E-state index contributed by atoms with van der Waals surface area (Å²) in [6.45, 7) is -2.79. The van der Waals surface area contributed by atoms with Crippen molar-refractivity contribution >= 4 is 21.9 Å². The molecule has 0 amide bonds. The van der Waals surface area contributed by atoms with Crippen molar-refractivity contribution in [3.05, 3.63) is 168 Å². The van der Waals surface area contributed by atoms with Gasteiger partial charge in [-0.3, -0.25) is 0 Å². The van der Waals surface area contributed by atoms with Crippen LogP contribution in [-0.2, 0) is 20.1 Å². The van der Waals surface area contributed by atoms with Gasteiger partial charge in [0.1, 0.15) is 5.58 Å². The second-order valence-corrected chi connectivity index (χ2v) is 14.6. The van der Waals surface area contributed by atoms with Crippen LogP contribution in [0.15, 0.2) is 138 Å². The number of pyridine rings is 2. The molecule has 3 aromatic heterocycles. The minimum atomic E-state index is -2.56. The Kier molecular flexibility index (Phi) is 8.13. The molecule has 9 rings (SSSR count). The molecule has 0 unspecified atom stereocenters.